The number of aromatic nitrogens is 4. The Labute approximate surface area is 168 Å². The minimum atomic E-state index is -0.145. The summed E-state index contributed by atoms with van der Waals surface area (Å²) in [6.45, 7) is 1.48. The zero-order valence-corrected chi connectivity index (χ0v) is 16.8. The number of aryl methyl sites for hydroxylation is 1. The third-order valence-corrected chi connectivity index (χ3v) is 6.39. The summed E-state index contributed by atoms with van der Waals surface area (Å²) in [5.41, 5.74) is 2.90. The van der Waals surface area contributed by atoms with Gasteiger partial charge in [-0.25, -0.2) is 0 Å². The first-order valence-electron chi connectivity index (χ1n) is 9.70. The molecule has 0 aromatic carbocycles. The highest BCUT2D eigenvalue weighted by atomic mass is 32.2. The van der Waals surface area contributed by atoms with Crippen LogP contribution in [0, 0.1) is 11.3 Å². The van der Waals surface area contributed by atoms with Crippen molar-refractivity contribution in [2.75, 3.05) is 17.7 Å². The van der Waals surface area contributed by atoms with Gasteiger partial charge in [0.2, 0.25) is 5.91 Å². The largest absolute Gasteiger partial charge is 0.376 e. The third-order valence-electron chi connectivity index (χ3n) is 5.36. The number of ether oxygens (including phenoxy) is 1. The highest BCUT2D eigenvalue weighted by molar-refractivity contribution is 7.99. The molecule has 0 spiro atoms. The molecule has 4 rings (SSSR count). The normalized spacial score (nSPS) is 18.6. The van der Waals surface area contributed by atoms with Crippen molar-refractivity contribution in [3.63, 3.8) is 0 Å². The lowest BCUT2D eigenvalue weighted by atomic mass is 9.95. The topological polar surface area (TPSA) is 97.8 Å². The molecule has 0 bridgehead atoms. The van der Waals surface area contributed by atoms with Crippen LogP contribution in [0.5, 0.6) is 0 Å². The van der Waals surface area contributed by atoms with Gasteiger partial charge in [0.25, 0.3) is 0 Å². The van der Waals surface area contributed by atoms with Gasteiger partial charge in [-0.1, -0.05) is 11.8 Å². The lowest BCUT2D eigenvalue weighted by Crippen LogP contribution is -2.23. The zero-order chi connectivity index (χ0) is 19.5. The highest BCUT2D eigenvalue weighted by Gasteiger charge is 2.28. The second-order valence-corrected chi connectivity index (χ2v) is 8.22. The summed E-state index contributed by atoms with van der Waals surface area (Å²) in [4.78, 5) is 12.6. The molecule has 0 saturated carbocycles. The summed E-state index contributed by atoms with van der Waals surface area (Å²) < 4.78 is 9.73. The Morgan fingerprint density at radius 1 is 1.43 bits per heavy atom. The van der Waals surface area contributed by atoms with E-state index >= 15 is 0 Å². The molecule has 1 unspecified atom stereocenters. The van der Waals surface area contributed by atoms with Crippen LogP contribution in [-0.2, 0) is 36.0 Å². The van der Waals surface area contributed by atoms with Crippen LogP contribution in [0.25, 0.3) is 0 Å². The second kappa shape index (κ2) is 8.37. The van der Waals surface area contributed by atoms with Gasteiger partial charge in [-0.2, -0.15) is 5.26 Å². The van der Waals surface area contributed by atoms with Crippen molar-refractivity contribution in [3.05, 3.63) is 23.1 Å². The maximum Gasteiger partial charge on any atom is 0.235 e. The summed E-state index contributed by atoms with van der Waals surface area (Å²) >= 11 is 1.33. The Morgan fingerprint density at radius 3 is 3.00 bits per heavy atom. The molecule has 9 heteroatoms. The van der Waals surface area contributed by atoms with Gasteiger partial charge in [0.05, 0.1) is 24.0 Å². The summed E-state index contributed by atoms with van der Waals surface area (Å²) in [5.74, 6) is 0.703. The van der Waals surface area contributed by atoms with Crippen LogP contribution in [-0.4, -0.2) is 43.7 Å². The number of rotatable bonds is 6. The maximum absolute atomic E-state index is 12.6. The lowest BCUT2D eigenvalue weighted by molar-refractivity contribution is -0.113. The number of nitriles is 1. The van der Waals surface area contributed by atoms with E-state index in [1.54, 1.807) is 10.9 Å². The van der Waals surface area contributed by atoms with E-state index in [0.717, 1.165) is 50.7 Å². The number of nitrogens with one attached hydrogen (secondary N) is 1. The number of thioether (sulfide) groups is 1. The fourth-order valence-electron chi connectivity index (χ4n) is 4.01. The predicted molar refractivity (Wildman–Crippen MR) is 105 cm³/mol. The summed E-state index contributed by atoms with van der Waals surface area (Å²) in [6, 6.07) is 2.34. The van der Waals surface area contributed by atoms with Crippen LogP contribution in [0.2, 0.25) is 0 Å². The predicted octanol–water partition coefficient (Wildman–Crippen LogP) is 2.28. The molecule has 0 radical (unpaired) electrons. The van der Waals surface area contributed by atoms with Gasteiger partial charge in [0.1, 0.15) is 18.2 Å². The van der Waals surface area contributed by atoms with Gasteiger partial charge in [0, 0.05) is 19.3 Å². The van der Waals surface area contributed by atoms with Crippen LogP contribution in [0.3, 0.4) is 0 Å². The summed E-state index contributed by atoms with van der Waals surface area (Å²) in [5, 5.41) is 21.3. The molecule has 8 nitrogen and oxygen atoms in total. The standard InChI is InChI=1S/C19H24N6O2S/c1-24-12-21-23-19(24)28-11-17(26)22-18-15(9-20)14-6-2-3-7-16(14)25(18)10-13-5-4-8-27-13/h12-13H,2-8,10-11H2,1H3,(H,22,26). The first kappa shape index (κ1) is 19.0. The first-order chi connectivity index (χ1) is 13.7. The lowest BCUT2D eigenvalue weighted by Gasteiger charge is -2.19. The molecule has 28 heavy (non-hydrogen) atoms. The average Bonchev–Trinajstić information content (AvgIpc) is 3.42. The molecule has 2 aromatic rings. The quantitative estimate of drug-likeness (QED) is 0.747. The minimum Gasteiger partial charge on any atom is -0.376 e. The monoisotopic (exact) mass is 400 g/mol. The molecule has 1 N–H and O–H groups in total. The van der Waals surface area contributed by atoms with Crippen molar-refractivity contribution in [2.24, 2.45) is 7.05 Å². The van der Waals surface area contributed by atoms with E-state index in [9.17, 15) is 10.1 Å². The number of carbonyl (C=O) groups is 1. The molecule has 2 aliphatic rings. The number of hydrogen-bond acceptors (Lipinski definition) is 6. The van der Waals surface area contributed by atoms with Crippen LogP contribution >= 0.6 is 11.8 Å². The van der Waals surface area contributed by atoms with Crippen molar-refractivity contribution in [2.45, 2.75) is 56.3 Å². The van der Waals surface area contributed by atoms with Gasteiger partial charge in [-0.3, -0.25) is 4.79 Å². The molecule has 148 valence electrons. The van der Waals surface area contributed by atoms with Crippen LogP contribution in [0.1, 0.15) is 42.5 Å². The number of amides is 1. The maximum atomic E-state index is 12.6. The van der Waals surface area contributed by atoms with Crippen molar-refractivity contribution < 1.29 is 9.53 Å². The molecule has 1 aliphatic carbocycles. The van der Waals surface area contributed by atoms with Gasteiger partial charge in [-0.05, 0) is 44.1 Å². The molecule has 1 fully saturated rings. The van der Waals surface area contributed by atoms with E-state index in [-0.39, 0.29) is 17.8 Å². The van der Waals surface area contributed by atoms with Gasteiger partial charge < -0.3 is 19.2 Å². The Kier molecular flexibility index (Phi) is 5.69. The van der Waals surface area contributed by atoms with Gasteiger partial charge >= 0.3 is 0 Å². The zero-order valence-electron chi connectivity index (χ0n) is 16.0. The third kappa shape index (κ3) is 3.80. The van der Waals surface area contributed by atoms with E-state index in [0.29, 0.717) is 23.1 Å². The summed E-state index contributed by atoms with van der Waals surface area (Å²) in [7, 11) is 1.84. The van der Waals surface area contributed by atoms with Crippen molar-refractivity contribution in [3.8, 4) is 6.07 Å². The average molecular weight is 401 g/mol. The molecule has 1 atom stereocenters. The summed E-state index contributed by atoms with van der Waals surface area (Å²) in [6.07, 6.45) is 7.87. The van der Waals surface area contributed by atoms with E-state index in [1.165, 1.54) is 17.5 Å². The number of fused-ring (bicyclic) bond motifs is 1. The number of anilines is 1. The Hall–Kier alpha value is -2.31. The van der Waals surface area contributed by atoms with Crippen LogP contribution in [0.4, 0.5) is 5.82 Å². The van der Waals surface area contributed by atoms with Crippen LogP contribution in [0.15, 0.2) is 11.5 Å². The number of nitrogens with zero attached hydrogens (tertiary/aromatic N) is 5. The Morgan fingerprint density at radius 2 is 2.29 bits per heavy atom. The van der Waals surface area contributed by atoms with Crippen molar-refractivity contribution >= 4 is 23.5 Å². The molecular weight excluding hydrogens is 376 g/mol. The van der Waals surface area contributed by atoms with Gasteiger partial charge in [0.15, 0.2) is 5.16 Å². The first-order valence-corrected chi connectivity index (χ1v) is 10.7. The highest BCUT2D eigenvalue weighted by Crippen LogP contribution is 2.34. The van der Waals surface area contributed by atoms with E-state index in [2.05, 4.69) is 26.2 Å². The van der Waals surface area contributed by atoms with Crippen molar-refractivity contribution in [1.29, 1.82) is 5.26 Å². The fourth-order valence-corrected chi connectivity index (χ4v) is 4.70. The number of hydrogen-bond donors (Lipinski definition) is 1. The second-order valence-electron chi connectivity index (χ2n) is 7.27. The smallest absolute Gasteiger partial charge is 0.235 e. The van der Waals surface area contributed by atoms with Crippen LogP contribution < -0.4 is 5.32 Å². The SMILES string of the molecule is Cn1cnnc1SCC(=O)Nc1c(C#N)c2c(n1CC1CCCO1)CCCC2. The Bertz CT molecular complexity index is 906. The molecular formula is C19H24N6O2S. The fraction of sp³-hybridized carbons (Fsp3) is 0.579. The van der Waals surface area contributed by atoms with E-state index in [1.807, 2.05) is 7.05 Å². The molecule has 2 aromatic heterocycles. The molecule has 3 heterocycles. The number of carbonyl (C=O) groups excluding carboxylic acids is 1. The van der Waals surface area contributed by atoms with E-state index < -0.39 is 0 Å². The van der Waals surface area contributed by atoms with Gasteiger partial charge in [-0.15, -0.1) is 10.2 Å². The molecule has 1 saturated heterocycles. The molecule has 1 amide bonds. The Balaban J connectivity index is 1.57. The van der Waals surface area contributed by atoms with E-state index in [4.69, 9.17) is 4.74 Å². The van der Waals surface area contributed by atoms with Crippen molar-refractivity contribution in [1.82, 2.24) is 19.3 Å². The minimum absolute atomic E-state index is 0.145. The molecule has 1 aliphatic heterocycles.